The molecule has 0 aliphatic carbocycles. The van der Waals surface area contributed by atoms with Gasteiger partial charge in [-0.05, 0) is 36.4 Å². The second-order valence-corrected chi connectivity index (χ2v) is 8.84. The minimum atomic E-state index is -4.61. The normalized spacial score (nSPS) is 12.0. The fraction of sp³-hybridized carbons (Fsp3) is 0.105. The first-order valence-corrected chi connectivity index (χ1v) is 10.5. The molecule has 0 aliphatic rings. The average molecular weight is 488 g/mol. The van der Waals surface area contributed by atoms with Gasteiger partial charge in [0.1, 0.15) is 0 Å². The highest BCUT2D eigenvalue weighted by atomic mass is 79.9. The van der Waals surface area contributed by atoms with Gasteiger partial charge < -0.3 is 9.73 Å². The number of nitrogens with one attached hydrogen (secondary N) is 1. The third kappa shape index (κ3) is 4.88. The largest absolute Gasteiger partial charge is 0.459 e. The molecule has 3 rings (SSSR count). The number of furan rings is 1. The molecule has 0 spiro atoms. The van der Waals surface area contributed by atoms with Gasteiger partial charge in [-0.2, -0.15) is 13.2 Å². The molecule has 0 atom stereocenters. The molecule has 0 aliphatic heterocycles. The van der Waals surface area contributed by atoms with Crippen molar-refractivity contribution >= 4 is 37.4 Å². The quantitative estimate of drug-likeness (QED) is 0.530. The van der Waals surface area contributed by atoms with Crippen LogP contribution in [0.15, 0.2) is 74.6 Å². The molecule has 3 aromatic rings. The first-order chi connectivity index (χ1) is 13.6. The Balaban J connectivity index is 1.83. The van der Waals surface area contributed by atoms with Crippen molar-refractivity contribution in [3.05, 3.63) is 82.2 Å². The van der Waals surface area contributed by atoms with E-state index in [9.17, 15) is 26.4 Å². The van der Waals surface area contributed by atoms with E-state index in [0.717, 1.165) is 18.4 Å². The molecule has 1 heterocycles. The number of amides is 1. The molecule has 1 N–H and O–H groups in total. The van der Waals surface area contributed by atoms with E-state index < -0.39 is 33.2 Å². The summed E-state index contributed by atoms with van der Waals surface area (Å²) in [5.41, 5.74) is -0.972. The van der Waals surface area contributed by atoms with E-state index in [1.807, 2.05) is 0 Å². The first-order valence-electron chi connectivity index (χ1n) is 8.10. The zero-order chi connectivity index (χ0) is 21.2. The van der Waals surface area contributed by atoms with Crippen LogP contribution in [0.1, 0.15) is 21.7 Å². The Morgan fingerprint density at radius 3 is 2.41 bits per heavy atom. The molecule has 1 amide bonds. The molecule has 0 saturated carbocycles. The lowest BCUT2D eigenvalue weighted by Gasteiger charge is -2.12. The maximum Gasteiger partial charge on any atom is 0.417 e. The molecule has 29 heavy (non-hydrogen) atoms. The Bertz CT molecular complexity index is 1140. The van der Waals surface area contributed by atoms with Gasteiger partial charge in [-0.3, -0.25) is 4.79 Å². The van der Waals surface area contributed by atoms with Gasteiger partial charge in [-0.15, -0.1) is 0 Å². The number of carbonyl (C=O) groups is 1. The standard InChI is InChI=1S/C19H13BrF3NO4S/c20-16-7-6-13(10-15(16)19(21,22)23)24-18(25)17-12(8-9-28-17)11-29(26,27)14-4-2-1-3-5-14/h1-10H,11H2,(H,24,25). The monoisotopic (exact) mass is 487 g/mol. The summed E-state index contributed by atoms with van der Waals surface area (Å²) in [5, 5.41) is 2.30. The highest BCUT2D eigenvalue weighted by molar-refractivity contribution is 9.10. The summed E-state index contributed by atoms with van der Waals surface area (Å²) in [6, 6.07) is 12.2. The van der Waals surface area contributed by atoms with Crippen molar-refractivity contribution in [3.63, 3.8) is 0 Å². The fourth-order valence-corrected chi connectivity index (χ4v) is 4.42. The lowest BCUT2D eigenvalue weighted by Crippen LogP contribution is -2.15. The first kappa shape index (κ1) is 21.1. The molecule has 2 aromatic carbocycles. The summed E-state index contributed by atoms with van der Waals surface area (Å²) in [6.45, 7) is 0. The van der Waals surface area contributed by atoms with Crippen molar-refractivity contribution in [3.8, 4) is 0 Å². The predicted octanol–water partition coefficient (Wildman–Crippen LogP) is 5.29. The van der Waals surface area contributed by atoms with Gasteiger partial charge >= 0.3 is 6.18 Å². The molecule has 10 heteroatoms. The molecule has 0 radical (unpaired) electrons. The van der Waals surface area contributed by atoms with Gasteiger partial charge in [0.15, 0.2) is 15.6 Å². The highest BCUT2D eigenvalue weighted by Gasteiger charge is 2.33. The van der Waals surface area contributed by atoms with E-state index in [-0.39, 0.29) is 26.4 Å². The number of benzene rings is 2. The van der Waals surface area contributed by atoms with Crippen LogP contribution in [0.4, 0.5) is 18.9 Å². The second-order valence-electron chi connectivity index (χ2n) is 5.99. The van der Waals surface area contributed by atoms with Crippen molar-refractivity contribution in [1.82, 2.24) is 0 Å². The fourth-order valence-electron chi connectivity index (χ4n) is 2.57. The summed E-state index contributed by atoms with van der Waals surface area (Å²) >= 11 is 2.82. The molecule has 0 bridgehead atoms. The smallest absolute Gasteiger partial charge is 0.417 e. The number of hydrogen-bond acceptors (Lipinski definition) is 4. The number of sulfone groups is 1. The van der Waals surface area contributed by atoms with Gasteiger partial charge in [0.25, 0.3) is 5.91 Å². The van der Waals surface area contributed by atoms with Crippen molar-refractivity contribution in [1.29, 1.82) is 0 Å². The van der Waals surface area contributed by atoms with Gasteiger partial charge in [0, 0.05) is 15.7 Å². The van der Waals surface area contributed by atoms with Crippen LogP contribution in [-0.4, -0.2) is 14.3 Å². The van der Waals surface area contributed by atoms with E-state index in [1.165, 1.54) is 24.3 Å². The van der Waals surface area contributed by atoms with E-state index in [0.29, 0.717) is 0 Å². The van der Waals surface area contributed by atoms with E-state index in [4.69, 9.17) is 4.42 Å². The minimum Gasteiger partial charge on any atom is -0.459 e. The molecule has 1 aromatic heterocycles. The van der Waals surface area contributed by atoms with Crippen molar-refractivity contribution in [2.24, 2.45) is 0 Å². The van der Waals surface area contributed by atoms with E-state index >= 15 is 0 Å². The minimum absolute atomic E-state index is 0.0790. The van der Waals surface area contributed by atoms with Crippen molar-refractivity contribution < 1.29 is 30.8 Å². The summed E-state index contributed by atoms with van der Waals surface area (Å²) in [5.74, 6) is -1.64. The van der Waals surface area contributed by atoms with Gasteiger partial charge in [-0.25, -0.2) is 8.42 Å². The maximum absolute atomic E-state index is 13.0. The molecule has 0 saturated heterocycles. The van der Waals surface area contributed by atoms with E-state index in [2.05, 4.69) is 21.2 Å². The van der Waals surface area contributed by atoms with Crippen LogP contribution in [0.25, 0.3) is 0 Å². The third-order valence-electron chi connectivity index (χ3n) is 3.93. The summed E-state index contributed by atoms with van der Waals surface area (Å²) in [4.78, 5) is 12.6. The Kier molecular flexibility index (Phi) is 5.85. The molecule has 5 nitrogen and oxygen atoms in total. The van der Waals surface area contributed by atoms with E-state index in [1.54, 1.807) is 18.2 Å². The predicted molar refractivity (Wildman–Crippen MR) is 103 cm³/mol. The van der Waals surface area contributed by atoms with Crippen LogP contribution in [0, 0.1) is 0 Å². The Morgan fingerprint density at radius 1 is 1.07 bits per heavy atom. The Morgan fingerprint density at radius 2 is 1.76 bits per heavy atom. The molecule has 0 fully saturated rings. The number of halogens is 4. The molecule has 152 valence electrons. The average Bonchev–Trinajstić information content (AvgIpc) is 3.10. The van der Waals surface area contributed by atoms with Crippen molar-refractivity contribution in [2.75, 3.05) is 5.32 Å². The second kappa shape index (κ2) is 8.03. The van der Waals surface area contributed by atoms with Crippen LogP contribution < -0.4 is 5.32 Å². The topological polar surface area (TPSA) is 76.4 Å². The van der Waals surface area contributed by atoms with Crippen LogP contribution in [0.5, 0.6) is 0 Å². The summed E-state index contributed by atoms with van der Waals surface area (Å²) in [6.07, 6.45) is -3.47. The maximum atomic E-state index is 13.0. The van der Waals surface area contributed by atoms with Crippen LogP contribution in [0.3, 0.4) is 0 Å². The van der Waals surface area contributed by atoms with Gasteiger partial charge in [-0.1, -0.05) is 34.1 Å². The molecular formula is C19H13BrF3NO4S. The number of rotatable bonds is 5. The summed E-state index contributed by atoms with van der Waals surface area (Å²) in [7, 11) is -3.74. The van der Waals surface area contributed by atoms with Crippen LogP contribution in [-0.2, 0) is 21.8 Å². The Labute approximate surface area is 172 Å². The number of hydrogen-bond donors (Lipinski definition) is 1. The summed E-state index contributed by atoms with van der Waals surface area (Å²) < 4.78 is 69.0. The lowest BCUT2D eigenvalue weighted by molar-refractivity contribution is -0.138. The number of anilines is 1. The molecular weight excluding hydrogens is 475 g/mol. The van der Waals surface area contributed by atoms with Gasteiger partial charge in [0.05, 0.1) is 22.5 Å². The highest BCUT2D eigenvalue weighted by Crippen LogP contribution is 2.36. The van der Waals surface area contributed by atoms with Crippen molar-refractivity contribution in [2.45, 2.75) is 16.8 Å². The van der Waals surface area contributed by atoms with Crippen LogP contribution in [0.2, 0.25) is 0 Å². The van der Waals surface area contributed by atoms with Crippen LogP contribution >= 0.6 is 15.9 Å². The van der Waals surface area contributed by atoms with Gasteiger partial charge in [0.2, 0.25) is 0 Å². The number of carbonyl (C=O) groups excluding carboxylic acids is 1. The Hall–Kier alpha value is -2.59. The third-order valence-corrected chi connectivity index (χ3v) is 6.30. The lowest BCUT2D eigenvalue weighted by atomic mass is 10.2. The zero-order valence-electron chi connectivity index (χ0n) is 14.5. The zero-order valence-corrected chi connectivity index (χ0v) is 16.9. The molecule has 0 unspecified atom stereocenters. The number of alkyl halides is 3. The SMILES string of the molecule is O=C(Nc1ccc(Br)c(C(F)(F)F)c1)c1occc1CS(=O)(=O)c1ccccc1.